The van der Waals surface area contributed by atoms with Crippen molar-refractivity contribution >= 4 is 17.2 Å². The summed E-state index contributed by atoms with van der Waals surface area (Å²) in [6, 6.07) is 4.17. The van der Waals surface area contributed by atoms with Crippen LogP contribution in [0.3, 0.4) is 0 Å². The van der Waals surface area contributed by atoms with E-state index in [1.165, 1.54) is 16.1 Å². The first-order valence-corrected chi connectivity index (χ1v) is 9.62. The minimum Gasteiger partial charge on any atom is -0.366 e. The van der Waals surface area contributed by atoms with Crippen molar-refractivity contribution in [2.45, 2.75) is 32.7 Å². The van der Waals surface area contributed by atoms with Gasteiger partial charge in [0.2, 0.25) is 0 Å². The van der Waals surface area contributed by atoms with Gasteiger partial charge >= 0.3 is 0 Å². The Morgan fingerprint density at radius 1 is 1.24 bits per heavy atom. The monoisotopic (exact) mass is 354 g/mol. The molecule has 0 aromatic carbocycles. The van der Waals surface area contributed by atoms with Crippen LogP contribution in [-0.4, -0.2) is 33.3 Å². The molecule has 6 nitrogen and oxygen atoms in total. The lowest BCUT2D eigenvalue weighted by Crippen LogP contribution is -2.16. The standard InChI is InChI=1S/C18H22N6S/c1-2-16-22-14-6-8-19-7-5-13(14)18(23-16)20-10-12-11-21-24-17(12)15-4-3-9-25-15/h3-4,9,11,19H,2,5-8,10H2,1H3,(H,21,24)(H,20,22,23). The Labute approximate surface area is 151 Å². The minimum atomic E-state index is 0.698. The number of aromatic nitrogens is 4. The fraction of sp³-hybridized carbons (Fsp3) is 0.389. The van der Waals surface area contributed by atoms with Crippen molar-refractivity contribution in [3.63, 3.8) is 0 Å². The maximum atomic E-state index is 4.76. The van der Waals surface area contributed by atoms with E-state index in [9.17, 15) is 0 Å². The van der Waals surface area contributed by atoms with Crippen molar-refractivity contribution in [1.29, 1.82) is 0 Å². The zero-order valence-corrected chi connectivity index (χ0v) is 15.1. The molecule has 7 heteroatoms. The molecule has 0 amide bonds. The Morgan fingerprint density at radius 3 is 3.00 bits per heavy atom. The molecule has 0 bridgehead atoms. The molecular formula is C18H22N6S. The average molecular weight is 354 g/mol. The minimum absolute atomic E-state index is 0.698. The van der Waals surface area contributed by atoms with Crippen LogP contribution in [0.4, 0.5) is 5.82 Å². The fourth-order valence-electron chi connectivity index (χ4n) is 3.16. The van der Waals surface area contributed by atoms with Crippen molar-refractivity contribution in [3.05, 3.63) is 46.4 Å². The number of hydrogen-bond donors (Lipinski definition) is 3. The maximum absolute atomic E-state index is 4.76. The van der Waals surface area contributed by atoms with Crippen LogP contribution < -0.4 is 10.6 Å². The van der Waals surface area contributed by atoms with Gasteiger partial charge in [0.25, 0.3) is 0 Å². The second kappa shape index (κ2) is 7.33. The Kier molecular flexibility index (Phi) is 4.76. The molecule has 3 aromatic heterocycles. The van der Waals surface area contributed by atoms with E-state index in [1.807, 2.05) is 6.20 Å². The zero-order chi connectivity index (χ0) is 17.1. The van der Waals surface area contributed by atoms with Gasteiger partial charge in [-0.15, -0.1) is 11.3 Å². The molecule has 4 rings (SSSR count). The van der Waals surface area contributed by atoms with Gasteiger partial charge in [-0.25, -0.2) is 9.97 Å². The van der Waals surface area contributed by atoms with Crippen LogP contribution in [0.2, 0.25) is 0 Å². The molecule has 0 unspecified atom stereocenters. The number of aromatic amines is 1. The third-order valence-electron chi connectivity index (χ3n) is 4.48. The molecular weight excluding hydrogens is 332 g/mol. The number of anilines is 1. The molecule has 0 fully saturated rings. The zero-order valence-electron chi connectivity index (χ0n) is 14.3. The number of nitrogens with one attached hydrogen (secondary N) is 3. The summed E-state index contributed by atoms with van der Waals surface area (Å²) in [5, 5.41) is 16.4. The third kappa shape index (κ3) is 3.43. The molecule has 0 saturated carbocycles. The Balaban J connectivity index is 1.60. The van der Waals surface area contributed by atoms with Gasteiger partial charge < -0.3 is 10.6 Å². The van der Waals surface area contributed by atoms with E-state index < -0.39 is 0 Å². The van der Waals surface area contributed by atoms with Gasteiger partial charge in [0.15, 0.2) is 0 Å². The Bertz CT molecular complexity index is 839. The van der Waals surface area contributed by atoms with Crippen LogP contribution in [0.25, 0.3) is 10.6 Å². The summed E-state index contributed by atoms with van der Waals surface area (Å²) < 4.78 is 0. The normalized spacial score (nSPS) is 14.1. The lowest BCUT2D eigenvalue weighted by Gasteiger charge is -2.14. The van der Waals surface area contributed by atoms with Crippen LogP contribution in [0.1, 0.15) is 29.6 Å². The van der Waals surface area contributed by atoms with Gasteiger partial charge in [-0.05, 0) is 24.4 Å². The summed E-state index contributed by atoms with van der Waals surface area (Å²) in [7, 11) is 0. The van der Waals surface area contributed by atoms with Gasteiger partial charge in [-0.1, -0.05) is 13.0 Å². The van der Waals surface area contributed by atoms with Gasteiger partial charge in [0, 0.05) is 37.1 Å². The number of rotatable bonds is 5. The second-order valence-corrected chi connectivity index (χ2v) is 7.07. The SMILES string of the molecule is CCc1nc2c(c(NCc3cn[nH]c3-c3cccs3)n1)CCNCC2. The first-order valence-electron chi connectivity index (χ1n) is 8.74. The summed E-state index contributed by atoms with van der Waals surface area (Å²) >= 11 is 1.72. The predicted octanol–water partition coefficient (Wildman–Crippen LogP) is 2.79. The molecule has 0 saturated heterocycles. The van der Waals surface area contributed by atoms with Crippen molar-refractivity contribution in [1.82, 2.24) is 25.5 Å². The lowest BCUT2D eigenvalue weighted by atomic mass is 10.1. The highest BCUT2D eigenvalue weighted by molar-refractivity contribution is 7.13. The van der Waals surface area contributed by atoms with Crippen molar-refractivity contribution in [2.75, 3.05) is 18.4 Å². The molecule has 130 valence electrons. The molecule has 0 aliphatic carbocycles. The molecule has 1 aliphatic heterocycles. The van der Waals surface area contributed by atoms with E-state index in [1.54, 1.807) is 11.3 Å². The summed E-state index contributed by atoms with van der Waals surface area (Å²) in [4.78, 5) is 10.7. The molecule has 1 aliphatic rings. The van der Waals surface area contributed by atoms with E-state index in [2.05, 4.69) is 45.3 Å². The highest BCUT2D eigenvalue weighted by atomic mass is 32.1. The van der Waals surface area contributed by atoms with E-state index in [0.29, 0.717) is 6.54 Å². The molecule has 0 radical (unpaired) electrons. The smallest absolute Gasteiger partial charge is 0.133 e. The third-order valence-corrected chi connectivity index (χ3v) is 5.36. The topological polar surface area (TPSA) is 78.5 Å². The molecule has 3 N–H and O–H groups in total. The highest BCUT2D eigenvalue weighted by Crippen LogP contribution is 2.27. The summed E-state index contributed by atoms with van der Waals surface area (Å²) in [5.41, 5.74) is 4.67. The summed E-state index contributed by atoms with van der Waals surface area (Å²) in [6.45, 7) is 4.76. The van der Waals surface area contributed by atoms with E-state index in [0.717, 1.165) is 55.3 Å². The average Bonchev–Trinajstić information content (AvgIpc) is 3.26. The second-order valence-electron chi connectivity index (χ2n) is 6.12. The van der Waals surface area contributed by atoms with Gasteiger partial charge in [-0.2, -0.15) is 5.10 Å². The lowest BCUT2D eigenvalue weighted by molar-refractivity contribution is 0.708. The summed E-state index contributed by atoms with van der Waals surface area (Å²) in [6.07, 6.45) is 4.67. The number of thiophene rings is 1. The van der Waals surface area contributed by atoms with Crippen molar-refractivity contribution in [2.24, 2.45) is 0 Å². The van der Waals surface area contributed by atoms with Gasteiger partial charge in [-0.3, -0.25) is 5.10 Å². The fourth-order valence-corrected chi connectivity index (χ4v) is 3.91. The van der Waals surface area contributed by atoms with Crippen molar-refractivity contribution < 1.29 is 0 Å². The van der Waals surface area contributed by atoms with Crippen LogP contribution in [0.5, 0.6) is 0 Å². The predicted molar refractivity (Wildman–Crippen MR) is 101 cm³/mol. The largest absolute Gasteiger partial charge is 0.366 e. The number of hydrogen-bond acceptors (Lipinski definition) is 6. The van der Waals surface area contributed by atoms with Crippen LogP contribution in [0, 0.1) is 0 Å². The molecule has 0 atom stereocenters. The first-order chi connectivity index (χ1) is 12.3. The van der Waals surface area contributed by atoms with Gasteiger partial charge in [0.05, 0.1) is 22.5 Å². The van der Waals surface area contributed by atoms with Gasteiger partial charge in [0.1, 0.15) is 11.6 Å². The van der Waals surface area contributed by atoms with E-state index in [-0.39, 0.29) is 0 Å². The Hall–Kier alpha value is -2.25. The summed E-state index contributed by atoms with van der Waals surface area (Å²) in [5.74, 6) is 1.89. The first kappa shape index (κ1) is 16.2. The molecule has 4 heterocycles. The van der Waals surface area contributed by atoms with E-state index >= 15 is 0 Å². The maximum Gasteiger partial charge on any atom is 0.133 e. The quantitative estimate of drug-likeness (QED) is 0.657. The number of nitrogens with zero attached hydrogens (tertiary/aromatic N) is 3. The number of H-pyrrole nitrogens is 1. The Morgan fingerprint density at radius 2 is 2.16 bits per heavy atom. The van der Waals surface area contributed by atoms with Crippen molar-refractivity contribution in [3.8, 4) is 10.6 Å². The van der Waals surface area contributed by atoms with Crippen LogP contribution in [-0.2, 0) is 25.8 Å². The number of aryl methyl sites for hydroxylation is 1. The van der Waals surface area contributed by atoms with E-state index in [4.69, 9.17) is 9.97 Å². The molecule has 3 aromatic rings. The highest BCUT2D eigenvalue weighted by Gasteiger charge is 2.17. The molecule has 25 heavy (non-hydrogen) atoms. The van der Waals surface area contributed by atoms with Crippen LogP contribution in [0.15, 0.2) is 23.7 Å². The number of fused-ring (bicyclic) bond motifs is 1. The van der Waals surface area contributed by atoms with Crippen LogP contribution >= 0.6 is 11.3 Å². The molecule has 0 spiro atoms.